The van der Waals surface area contributed by atoms with Gasteiger partial charge in [-0.15, -0.1) is 0 Å². The fraction of sp³-hybridized carbons (Fsp3) is 0.467. The monoisotopic (exact) mass is 276 g/mol. The zero-order chi connectivity index (χ0) is 14.8. The predicted octanol–water partition coefficient (Wildman–Crippen LogP) is 1.11. The fourth-order valence-corrected chi connectivity index (χ4v) is 2.37. The normalized spacial score (nSPS) is 21.8. The lowest BCUT2D eigenvalue weighted by molar-refractivity contribution is -0.156. The third-order valence-electron chi connectivity index (χ3n) is 3.67. The first kappa shape index (κ1) is 14.5. The molecule has 5 nitrogen and oxygen atoms in total. The summed E-state index contributed by atoms with van der Waals surface area (Å²) in [7, 11) is 1.58. The van der Waals surface area contributed by atoms with Gasteiger partial charge in [-0.2, -0.15) is 0 Å². The number of hydrogen-bond acceptors (Lipinski definition) is 3. The number of rotatable bonds is 4. The first-order valence-electron chi connectivity index (χ1n) is 6.65. The molecule has 0 bridgehead atoms. The smallest absolute Gasteiger partial charge is 0.250 e. The molecule has 20 heavy (non-hydrogen) atoms. The standard InChI is InChI=1S/C15H20N2O3/c1-15(2)14(19)16-12(11-7-5-4-6-8-11)13(18)17(15)9-10-20-3/h4-8,12H,9-10H2,1-3H3,(H,16,19). The maximum absolute atomic E-state index is 12.6. The molecule has 0 aliphatic carbocycles. The number of nitrogens with one attached hydrogen (secondary N) is 1. The summed E-state index contributed by atoms with van der Waals surface area (Å²) in [6.07, 6.45) is 0. The van der Waals surface area contributed by atoms with Crippen LogP contribution in [0.4, 0.5) is 0 Å². The summed E-state index contributed by atoms with van der Waals surface area (Å²) in [5.74, 6) is -0.250. The van der Waals surface area contributed by atoms with E-state index in [1.165, 1.54) is 0 Å². The Morgan fingerprint density at radius 1 is 1.25 bits per heavy atom. The molecule has 0 spiro atoms. The van der Waals surface area contributed by atoms with Gasteiger partial charge in [0.15, 0.2) is 0 Å². The van der Waals surface area contributed by atoms with Crippen LogP contribution in [0.25, 0.3) is 0 Å². The Labute approximate surface area is 118 Å². The van der Waals surface area contributed by atoms with Crippen molar-refractivity contribution in [1.82, 2.24) is 10.2 Å². The van der Waals surface area contributed by atoms with Gasteiger partial charge in [-0.05, 0) is 19.4 Å². The van der Waals surface area contributed by atoms with Crippen molar-refractivity contribution >= 4 is 11.8 Å². The van der Waals surface area contributed by atoms with Crippen LogP contribution in [-0.2, 0) is 14.3 Å². The lowest BCUT2D eigenvalue weighted by atomic mass is 9.93. The molecule has 0 aromatic heterocycles. The van der Waals surface area contributed by atoms with Gasteiger partial charge in [0.1, 0.15) is 11.6 Å². The molecule has 1 aliphatic heterocycles. The Kier molecular flexibility index (Phi) is 4.09. The summed E-state index contributed by atoms with van der Waals surface area (Å²) < 4.78 is 5.04. The third kappa shape index (κ3) is 2.54. The number of amides is 2. The molecule has 1 aromatic carbocycles. The number of ether oxygens (including phenoxy) is 1. The Bertz CT molecular complexity index is 499. The van der Waals surface area contributed by atoms with Crippen LogP contribution in [-0.4, -0.2) is 42.5 Å². The average molecular weight is 276 g/mol. The highest BCUT2D eigenvalue weighted by Gasteiger charge is 2.46. The van der Waals surface area contributed by atoms with E-state index in [-0.39, 0.29) is 11.8 Å². The molecule has 0 radical (unpaired) electrons. The lowest BCUT2D eigenvalue weighted by Crippen LogP contribution is -2.65. The van der Waals surface area contributed by atoms with E-state index in [9.17, 15) is 9.59 Å². The second-order valence-electron chi connectivity index (χ2n) is 5.36. The van der Waals surface area contributed by atoms with E-state index in [4.69, 9.17) is 4.74 Å². The van der Waals surface area contributed by atoms with Crippen LogP contribution in [0.5, 0.6) is 0 Å². The van der Waals surface area contributed by atoms with Crippen molar-refractivity contribution in [3.05, 3.63) is 35.9 Å². The molecule has 1 saturated heterocycles. The van der Waals surface area contributed by atoms with Crippen molar-refractivity contribution in [2.75, 3.05) is 20.3 Å². The number of benzene rings is 1. The Hall–Kier alpha value is -1.88. The van der Waals surface area contributed by atoms with Crippen LogP contribution < -0.4 is 5.32 Å². The largest absolute Gasteiger partial charge is 0.383 e. The lowest BCUT2D eigenvalue weighted by Gasteiger charge is -2.44. The summed E-state index contributed by atoms with van der Waals surface area (Å²) in [4.78, 5) is 26.5. The van der Waals surface area contributed by atoms with Crippen molar-refractivity contribution in [2.45, 2.75) is 25.4 Å². The second-order valence-corrected chi connectivity index (χ2v) is 5.36. The molecule has 1 unspecified atom stereocenters. The summed E-state index contributed by atoms with van der Waals surface area (Å²) in [5, 5.41) is 2.81. The van der Waals surface area contributed by atoms with Gasteiger partial charge in [0.05, 0.1) is 6.61 Å². The number of hydrogen-bond donors (Lipinski definition) is 1. The minimum Gasteiger partial charge on any atom is -0.383 e. The highest BCUT2D eigenvalue weighted by atomic mass is 16.5. The summed E-state index contributed by atoms with van der Waals surface area (Å²) in [5.41, 5.74) is -0.0651. The molecule has 1 fully saturated rings. The first-order valence-corrected chi connectivity index (χ1v) is 6.65. The molecule has 108 valence electrons. The van der Waals surface area contributed by atoms with Gasteiger partial charge in [0.2, 0.25) is 5.91 Å². The zero-order valence-corrected chi connectivity index (χ0v) is 12.1. The van der Waals surface area contributed by atoms with Crippen molar-refractivity contribution in [3.63, 3.8) is 0 Å². The Morgan fingerprint density at radius 2 is 1.90 bits per heavy atom. The van der Waals surface area contributed by atoms with Crippen molar-refractivity contribution < 1.29 is 14.3 Å². The van der Waals surface area contributed by atoms with Gasteiger partial charge in [0, 0.05) is 13.7 Å². The van der Waals surface area contributed by atoms with Crippen LogP contribution in [0, 0.1) is 0 Å². The highest BCUT2D eigenvalue weighted by molar-refractivity contribution is 5.99. The number of nitrogens with zero attached hydrogens (tertiary/aromatic N) is 1. The molecular formula is C15H20N2O3. The molecule has 2 amide bonds. The van der Waals surface area contributed by atoms with E-state index in [1.807, 2.05) is 30.3 Å². The van der Waals surface area contributed by atoms with Gasteiger partial charge in [-0.25, -0.2) is 0 Å². The molecule has 1 atom stereocenters. The van der Waals surface area contributed by atoms with Crippen molar-refractivity contribution in [3.8, 4) is 0 Å². The first-order chi connectivity index (χ1) is 9.48. The topological polar surface area (TPSA) is 58.6 Å². The van der Waals surface area contributed by atoms with Crippen LogP contribution in [0.3, 0.4) is 0 Å². The van der Waals surface area contributed by atoms with Crippen LogP contribution >= 0.6 is 0 Å². The maximum Gasteiger partial charge on any atom is 0.250 e. The average Bonchev–Trinajstić information content (AvgIpc) is 2.44. The highest BCUT2D eigenvalue weighted by Crippen LogP contribution is 2.27. The van der Waals surface area contributed by atoms with E-state index in [2.05, 4.69) is 5.32 Å². The number of carbonyl (C=O) groups excluding carboxylic acids is 2. The van der Waals surface area contributed by atoms with Crippen LogP contribution in [0.1, 0.15) is 25.5 Å². The number of methoxy groups -OCH3 is 1. The fourth-order valence-electron chi connectivity index (χ4n) is 2.37. The van der Waals surface area contributed by atoms with Gasteiger partial charge in [-0.1, -0.05) is 30.3 Å². The SMILES string of the molecule is COCCN1C(=O)C(c2ccccc2)NC(=O)C1(C)C. The Balaban J connectivity index is 2.30. The van der Waals surface area contributed by atoms with Crippen LogP contribution in [0.2, 0.25) is 0 Å². The van der Waals surface area contributed by atoms with Crippen LogP contribution in [0.15, 0.2) is 30.3 Å². The summed E-state index contributed by atoms with van der Waals surface area (Å²) in [6.45, 7) is 4.30. The molecule has 1 aromatic rings. The van der Waals surface area contributed by atoms with Gasteiger partial charge in [-0.3, -0.25) is 9.59 Å². The zero-order valence-electron chi connectivity index (χ0n) is 12.1. The molecular weight excluding hydrogens is 256 g/mol. The molecule has 1 N–H and O–H groups in total. The molecule has 1 heterocycles. The molecule has 0 saturated carbocycles. The predicted molar refractivity (Wildman–Crippen MR) is 75.0 cm³/mol. The van der Waals surface area contributed by atoms with E-state index in [0.717, 1.165) is 5.56 Å². The summed E-state index contributed by atoms with van der Waals surface area (Å²) in [6, 6.07) is 8.66. The van der Waals surface area contributed by atoms with E-state index < -0.39 is 11.6 Å². The maximum atomic E-state index is 12.6. The van der Waals surface area contributed by atoms with E-state index in [1.54, 1.807) is 25.9 Å². The molecule has 1 aliphatic rings. The summed E-state index contributed by atoms with van der Waals surface area (Å²) >= 11 is 0. The van der Waals surface area contributed by atoms with Crippen molar-refractivity contribution in [1.29, 1.82) is 0 Å². The Morgan fingerprint density at radius 3 is 2.50 bits per heavy atom. The number of carbonyl (C=O) groups is 2. The minimum absolute atomic E-state index is 0.0992. The van der Waals surface area contributed by atoms with E-state index >= 15 is 0 Å². The van der Waals surface area contributed by atoms with Gasteiger partial charge < -0.3 is 15.0 Å². The van der Waals surface area contributed by atoms with Gasteiger partial charge in [0.25, 0.3) is 5.91 Å². The van der Waals surface area contributed by atoms with E-state index in [0.29, 0.717) is 13.2 Å². The third-order valence-corrected chi connectivity index (χ3v) is 3.67. The number of piperazine rings is 1. The molecule has 2 rings (SSSR count). The second kappa shape index (κ2) is 5.63. The molecule has 5 heteroatoms. The quantitative estimate of drug-likeness (QED) is 0.896. The van der Waals surface area contributed by atoms with Crippen molar-refractivity contribution in [2.24, 2.45) is 0 Å². The minimum atomic E-state index is -0.860. The van der Waals surface area contributed by atoms with Gasteiger partial charge >= 0.3 is 0 Å².